The minimum atomic E-state index is -0.270. The first-order valence-electron chi connectivity index (χ1n) is 8.55. The number of ether oxygens (including phenoxy) is 1. The van der Waals surface area contributed by atoms with Gasteiger partial charge in [-0.3, -0.25) is 4.79 Å². The smallest absolute Gasteiger partial charge is 0.409 e. The topological polar surface area (TPSA) is 46.6 Å². The number of hydrogen-bond donors (Lipinski definition) is 0. The van der Waals surface area contributed by atoms with Crippen molar-refractivity contribution in [2.24, 2.45) is 16.7 Å². The zero-order chi connectivity index (χ0) is 17.0. The molecule has 0 N–H and O–H groups in total. The number of carbonyl (C=O) groups is 2. The fraction of sp³-hybridized carbons (Fsp3) is 0.889. The van der Waals surface area contributed by atoms with Crippen molar-refractivity contribution in [2.45, 2.75) is 67.2 Å². The minimum Gasteiger partial charge on any atom is -0.449 e. The van der Waals surface area contributed by atoms with E-state index in [1.54, 1.807) is 11.8 Å². The van der Waals surface area contributed by atoms with Crippen LogP contribution in [0.2, 0.25) is 0 Å². The maximum atomic E-state index is 12.3. The number of carbonyl (C=O) groups excluding carboxylic acids is 2. The van der Waals surface area contributed by atoms with E-state index in [1.165, 1.54) is 0 Å². The number of likely N-dealkylation sites (tertiary alicyclic amines) is 1. The van der Waals surface area contributed by atoms with E-state index in [4.69, 9.17) is 4.74 Å². The molecule has 1 saturated heterocycles. The molecule has 4 nitrogen and oxygen atoms in total. The summed E-state index contributed by atoms with van der Waals surface area (Å²) in [4.78, 5) is 26.3. The van der Waals surface area contributed by atoms with Crippen molar-refractivity contribution >= 4 is 11.9 Å². The molecule has 1 aliphatic rings. The largest absolute Gasteiger partial charge is 0.449 e. The van der Waals surface area contributed by atoms with Crippen LogP contribution < -0.4 is 0 Å². The number of rotatable bonds is 4. The summed E-state index contributed by atoms with van der Waals surface area (Å²) in [6.45, 7) is 13.9. The zero-order valence-electron chi connectivity index (χ0n) is 15.2. The number of nitrogens with zero attached hydrogens (tertiary/aromatic N) is 1. The SMILES string of the molecule is CCC(C)C1(C(C)=O)CCCN(C(=O)OCC(C)(C)C)CC1. The Labute approximate surface area is 135 Å². The molecule has 0 spiro atoms. The molecule has 0 aromatic carbocycles. The third-order valence-electron chi connectivity index (χ3n) is 5.02. The van der Waals surface area contributed by atoms with Crippen molar-refractivity contribution in [3.63, 3.8) is 0 Å². The number of ketones is 1. The standard InChI is InChI=1S/C18H33NO3/c1-7-14(2)18(15(3)20)9-8-11-19(12-10-18)16(21)22-13-17(4,5)6/h14H,7-13H2,1-6H3. The lowest BCUT2D eigenvalue weighted by Gasteiger charge is -2.36. The second-order valence-electron chi connectivity index (χ2n) is 7.98. The van der Waals surface area contributed by atoms with Gasteiger partial charge < -0.3 is 9.64 Å². The van der Waals surface area contributed by atoms with Gasteiger partial charge in [0.2, 0.25) is 0 Å². The number of amides is 1. The van der Waals surface area contributed by atoms with E-state index < -0.39 is 0 Å². The summed E-state index contributed by atoms with van der Waals surface area (Å²) >= 11 is 0. The van der Waals surface area contributed by atoms with E-state index in [9.17, 15) is 9.59 Å². The number of Topliss-reactive ketones (excluding diaryl/α,β-unsaturated/α-hetero) is 1. The van der Waals surface area contributed by atoms with Crippen LogP contribution in [0, 0.1) is 16.7 Å². The van der Waals surface area contributed by atoms with Crippen molar-refractivity contribution in [1.82, 2.24) is 4.90 Å². The Bertz CT molecular complexity index is 400. The molecule has 1 heterocycles. The highest BCUT2D eigenvalue weighted by Crippen LogP contribution is 2.41. The van der Waals surface area contributed by atoms with E-state index in [0.29, 0.717) is 25.6 Å². The molecule has 4 heteroatoms. The molecule has 0 bridgehead atoms. The number of hydrogen-bond acceptors (Lipinski definition) is 3. The quantitative estimate of drug-likeness (QED) is 0.778. The Morgan fingerprint density at radius 1 is 1.23 bits per heavy atom. The molecule has 0 aromatic rings. The highest BCUT2D eigenvalue weighted by atomic mass is 16.6. The van der Waals surface area contributed by atoms with Gasteiger partial charge in [0.1, 0.15) is 5.78 Å². The van der Waals surface area contributed by atoms with E-state index in [-0.39, 0.29) is 22.7 Å². The van der Waals surface area contributed by atoms with Gasteiger partial charge in [0.15, 0.2) is 0 Å². The van der Waals surface area contributed by atoms with Crippen LogP contribution in [0.1, 0.15) is 67.2 Å². The van der Waals surface area contributed by atoms with Gasteiger partial charge in [-0.05, 0) is 37.5 Å². The van der Waals surface area contributed by atoms with Gasteiger partial charge >= 0.3 is 6.09 Å². The molecular formula is C18H33NO3. The lowest BCUT2D eigenvalue weighted by atomic mass is 9.67. The molecule has 22 heavy (non-hydrogen) atoms. The summed E-state index contributed by atoms with van der Waals surface area (Å²) in [5.41, 5.74) is -0.296. The first-order valence-corrected chi connectivity index (χ1v) is 8.55. The van der Waals surface area contributed by atoms with E-state index >= 15 is 0 Å². The van der Waals surface area contributed by atoms with Crippen molar-refractivity contribution in [2.75, 3.05) is 19.7 Å². The maximum absolute atomic E-state index is 12.3. The fourth-order valence-corrected chi connectivity index (χ4v) is 3.29. The summed E-state index contributed by atoms with van der Waals surface area (Å²) in [5, 5.41) is 0. The molecule has 1 rings (SSSR count). The van der Waals surface area contributed by atoms with Crippen LogP contribution in [-0.4, -0.2) is 36.5 Å². The van der Waals surface area contributed by atoms with Crippen LogP contribution in [0.5, 0.6) is 0 Å². The van der Waals surface area contributed by atoms with Crippen LogP contribution in [0.4, 0.5) is 4.79 Å². The average Bonchev–Trinajstić information content (AvgIpc) is 2.66. The Hall–Kier alpha value is -1.06. The third-order valence-corrected chi connectivity index (χ3v) is 5.02. The normalized spacial score (nSPS) is 24.5. The summed E-state index contributed by atoms with van der Waals surface area (Å²) in [6, 6.07) is 0. The monoisotopic (exact) mass is 311 g/mol. The summed E-state index contributed by atoms with van der Waals surface area (Å²) in [7, 11) is 0. The van der Waals surface area contributed by atoms with E-state index in [2.05, 4.69) is 13.8 Å². The van der Waals surface area contributed by atoms with Gasteiger partial charge in [0.05, 0.1) is 6.61 Å². The first-order chi connectivity index (χ1) is 10.1. The van der Waals surface area contributed by atoms with E-state index in [0.717, 1.165) is 25.7 Å². The summed E-state index contributed by atoms with van der Waals surface area (Å²) in [6.07, 6.45) is 3.25. The molecule has 0 aliphatic carbocycles. The highest BCUT2D eigenvalue weighted by molar-refractivity contribution is 5.82. The van der Waals surface area contributed by atoms with E-state index in [1.807, 2.05) is 20.8 Å². The molecule has 2 atom stereocenters. The molecule has 0 radical (unpaired) electrons. The van der Waals surface area contributed by atoms with Crippen molar-refractivity contribution < 1.29 is 14.3 Å². The molecule has 1 amide bonds. The van der Waals surface area contributed by atoms with Gasteiger partial charge in [0.25, 0.3) is 0 Å². The molecular weight excluding hydrogens is 278 g/mol. The Kier molecular flexibility index (Phi) is 6.45. The lowest BCUT2D eigenvalue weighted by Crippen LogP contribution is -2.38. The Morgan fingerprint density at radius 2 is 1.86 bits per heavy atom. The van der Waals surface area contributed by atoms with Crippen LogP contribution >= 0.6 is 0 Å². The average molecular weight is 311 g/mol. The maximum Gasteiger partial charge on any atom is 0.409 e. The molecule has 0 saturated carbocycles. The molecule has 128 valence electrons. The molecule has 2 unspecified atom stereocenters. The molecule has 1 fully saturated rings. The van der Waals surface area contributed by atoms with Gasteiger partial charge in [-0.25, -0.2) is 4.79 Å². The highest BCUT2D eigenvalue weighted by Gasteiger charge is 2.41. The molecule has 1 aliphatic heterocycles. The van der Waals surface area contributed by atoms with Crippen LogP contribution in [0.25, 0.3) is 0 Å². The second-order valence-corrected chi connectivity index (χ2v) is 7.98. The second kappa shape index (κ2) is 7.47. The Morgan fingerprint density at radius 3 is 2.36 bits per heavy atom. The van der Waals surface area contributed by atoms with Crippen LogP contribution in [-0.2, 0) is 9.53 Å². The van der Waals surface area contributed by atoms with Crippen molar-refractivity contribution in [1.29, 1.82) is 0 Å². The van der Waals surface area contributed by atoms with Crippen LogP contribution in [0.15, 0.2) is 0 Å². The first kappa shape index (κ1) is 19.0. The predicted molar refractivity (Wildman–Crippen MR) is 88.8 cm³/mol. The lowest BCUT2D eigenvalue weighted by molar-refractivity contribution is -0.130. The van der Waals surface area contributed by atoms with Gasteiger partial charge in [-0.2, -0.15) is 0 Å². The molecule has 0 aromatic heterocycles. The van der Waals surface area contributed by atoms with Gasteiger partial charge in [-0.15, -0.1) is 0 Å². The predicted octanol–water partition coefficient (Wildman–Crippen LogP) is 4.28. The third kappa shape index (κ3) is 4.72. The van der Waals surface area contributed by atoms with Crippen molar-refractivity contribution in [3.8, 4) is 0 Å². The van der Waals surface area contributed by atoms with Crippen LogP contribution in [0.3, 0.4) is 0 Å². The summed E-state index contributed by atoms with van der Waals surface area (Å²) < 4.78 is 5.42. The van der Waals surface area contributed by atoms with Gasteiger partial charge in [0, 0.05) is 18.5 Å². The van der Waals surface area contributed by atoms with Crippen molar-refractivity contribution in [3.05, 3.63) is 0 Å². The van der Waals surface area contributed by atoms with Gasteiger partial charge in [-0.1, -0.05) is 41.0 Å². The fourth-order valence-electron chi connectivity index (χ4n) is 3.29. The summed E-state index contributed by atoms with van der Waals surface area (Å²) in [5.74, 6) is 0.627. The minimum absolute atomic E-state index is 0.0264. The zero-order valence-corrected chi connectivity index (χ0v) is 15.2. The Balaban J connectivity index is 2.72.